The van der Waals surface area contributed by atoms with E-state index in [1.54, 1.807) is 18.3 Å². The van der Waals surface area contributed by atoms with E-state index in [1.807, 2.05) is 19.1 Å². The van der Waals surface area contributed by atoms with E-state index in [9.17, 15) is 5.11 Å². The molecule has 4 heteroatoms. The molecule has 4 N–H and O–H groups in total. The fourth-order valence-electron chi connectivity index (χ4n) is 1.50. The van der Waals surface area contributed by atoms with Gasteiger partial charge >= 0.3 is 0 Å². The van der Waals surface area contributed by atoms with Crippen LogP contribution >= 0.6 is 0 Å². The van der Waals surface area contributed by atoms with Gasteiger partial charge in [-0.25, -0.2) is 0 Å². The van der Waals surface area contributed by atoms with E-state index in [2.05, 4.69) is 10.2 Å². The summed E-state index contributed by atoms with van der Waals surface area (Å²) in [7, 11) is 0. The number of aromatic amines is 1. The molecule has 15 heavy (non-hydrogen) atoms. The number of nitrogens with two attached hydrogens (primary N) is 1. The third kappa shape index (κ3) is 1.85. The summed E-state index contributed by atoms with van der Waals surface area (Å²) in [5, 5.41) is 16.1. The van der Waals surface area contributed by atoms with Crippen LogP contribution in [0.25, 0.3) is 11.3 Å². The van der Waals surface area contributed by atoms with Crippen molar-refractivity contribution < 1.29 is 5.11 Å². The van der Waals surface area contributed by atoms with Crippen molar-refractivity contribution in [1.29, 1.82) is 0 Å². The number of phenolic OH excluding ortho intramolecular Hbond substituents is 1. The van der Waals surface area contributed by atoms with Crippen LogP contribution in [0.5, 0.6) is 5.75 Å². The number of rotatable bonds is 2. The van der Waals surface area contributed by atoms with E-state index >= 15 is 0 Å². The second kappa shape index (κ2) is 3.74. The molecule has 0 aliphatic rings. The quantitative estimate of drug-likeness (QED) is 0.696. The Morgan fingerprint density at radius 1 is 1.33 bits per heavy atom. The number of benzene rings is 1. The smallest absolute Gasteiger partial charge is 0.115 e. The van der Waals surface area contributed by atoms with Crippen molar-refractivity contribution in [1.82, 2.24) is 10.2 Å². The molecule has 0 spiro atoms. The molecule has 0 radical (unpaired) electrons. The Balaban J connectivity index is 2.45. The van der Waals surface area contributed by atoms with Crippen molar-refractivity contribution in [3.8, 4) is 17.0 Å². The molecule has 1 atom stereocenters. The first kappa shape index (κ1) is 9.73. The van der Waals surface area contributed by atoms with Crippen molar-refractivity contribution in [2.75, 3.05) is 0 Å². The predicted molar refractivity (Wildman–Crippen MR) is 58.3 cm³/mol. The Kier molecular flexibility index (Phi) is 2.43. The van der Waals surface area contributed by atoms with E-state index in [4.69, 9.17) is 5.73 Å². The lowest BCUT2D eigenvalue weighted by molar-refractivity contribution is 0.475. The number of hydrogen-bond acceptors (Lipinski definition) is 3. The molecule has 0 saturated heterocycles. The first-order valence-electron chi connectivity index (χ1n) is 4.76. The van der Waals surface area contributed by atoms with E-state index in [0.717, 1.165) is 16.8 Å². The topological polar surface area (TPSA) is 74.9 Å². The maximum atomic E-state index is 9.18. The van der Waals surface area contributed by atoms with Crippen LogP contribution in [0.2, 0.25) is 0 Å². The largest absolute Gasteiger partial charge is 0.508 e. The number of aromatic hydroxyl groups is 1. The monoisotopic (exact) mass is 203 g/mol. The highest BCUT2D eigenvalue weighted by Crippen LogP contribution is 2.25. The first-order chi connectivity index (χ1) is 7.18. The minimum atomic E-state index is -0.0625. The molecule has 4 nitrogen and oxygen atoms in total. The Morgan fingerprint density at radius 2 is 2.00 bits per heavy atom. The maximum Gasteiger partial charge on any atom is 0.115 e. The van der Waals surface area contributed by atoms with Crippen molar-refractivity contribution in [2.24, 2.45) is 5.73 Å². The van der Waals surface area contributed by atoms with Gasteiger partial charge in [0.1, 0.15) is 5.75 Å². The van der Waals surface area contributed by atoms with Crippen LogP contribution in [0.1, 0.15) is 18.5 Å². The van der Waals surface area contributed by atoms with Gasteiger partial charge in [0.2, 0.25) is 0 Å². The fourth-order valence-corrected chi connectivity index (χ4v) is 1.50. The molecule has 0 aliphatic heterocycles. The lowest BCUT2D eigenvalue weighted by atomic mass is 10.0. The summed E-state index contributed by atoms with van der Waals surface area (Å²) in [6.45, 7) is 1.91. The zero-order valence-corrected chi connectivity index (χ0v) is 8.44. The van der Waals surface area contributed by atoms with Gasteiger partial charge in [0.05, 0.1) is 11.9 Å². The van der Waals surface area contributed by atoms with Gasteiger partial charge < -0.3 is 10.8 Å². The minimum Gasteiger partial charge on any atom is -0.508 e. The standard InChI is InChI=1S/C11H13N3O/c1-7(12)10-6-13-14-11(10)8-2-4-9(15)5-3-8/h2-7,15H,12H2,1H3,(H,13,14). The van der Waals surface area contributed by atoms with Crippen molar-refractivity contribution in [3.05, 3.63) is 36.0 Å². The van der Waals surface area contributed by atoms with Gasteiger partial charge in [-0.05, 0) is 31.2 Å². The molecule has 1 aromatic carbocycles. The van der Waals surface area contributed by atoms with Gasteiger partial charge in [-0.15, -0.1) is 0 Å². The van der Waals surface area contributed by atoms with Gasteiger partial charge in [0.15, 0.2) is 0 Å². The Labute approximate surface area is 87.7 Å². The van der Waals surface area contributed by atoms with Gasteiger partial charge in [-0.2, -0.15) is 5.10 Å². The van der Waals surface area contributed by atoms with Gasteiger partial charge in [0, 0.05) is 17.2 Å². The molecular weight excluding hydrogens is 190 g/mol. The minimum absolute atomic E-state index is 0.0625. The number of aromatic nitrogens is 2. The van der Waals surface area contributed by atoms with Crippen molar-refractivity contribution >= 4 is 0 Å². The van der Waals surface area contributed by atoms with Crippen LogP contribution < -0.4 is 5.73 Å². The van der Waals surface area contributed by atoms with E-state index < -0.39 is 0 Å². The van der Waals surface area contributed by atoms with Crippen molar-refractivity contribution in [3.63, 3.8) is 0 Å². The van der Waals surface area contributed by atoms with Crippen LogP contribution in [-0.2, 0) is 0 Å². The van der Waals surface area contributed by atoms with E-state index in [0.29, 0.717) is 0 Å². The zero-order chi connectivity index (χ0) is 10.8. The van der Waals surface area contributed by atoms with Gasteiger partial charge in [-0.3, -0.25) is 5.10 Å². The molecule has 2 rings (SSSR count). The maximum absolute atomic E-state index is 9.18. The number of phenols is 1. The zero-order valence-electron chi connectivity index (χ0n) is 8.44. The number of hydrogen-bond donors (Lipinski definition) is 3. The molecular formula is C11H13N3O. The molecule has 1 heterocycles. The second-order valence-corrected chi connectivity index (χ2v) is 3.54. The molecule has 1 aromatic heterocycles. The van der Waals surface area contributed by atoms with Crippen molar-refractivity contribution in [2.45, 2.75) is 13.0 Å². The highest BCUT2D eigenvalue weighted by atomic mass is 16.3. The molecule has 78 valence electrons. The SMILES string of the molecule is CC(N)c1cn[nH]c1-c1ccc(O)cc1. The third-order valence-corrected chi connectivity index (χ3v) is 2.32. The summed E-state index contributed by atoms with van der Waals surface area (Å²) >= 11 is 0. The molecule has 2 aromatic rings. The summed E-state index contributed by atoms with van der Waals surface area (Å²) in [5.41, 5.74) is 8.67. The van der Waals surface area contributed by atoms with Gasteiger partial charge in [-0.1, -0.05) is 0 Å². The predicted octanol–water partition coefficient (Wildman–Crippen LogP) is 1.80. The Hall–Kier alpha value is -1.81. The average molecular weight is 203 g/mol. The summed E-state index contributed by atoms with van der Waals surface area (Å²) in [4.78, 5) is 0. The number of nitrogens with one attached hydrogen (secondary N) is 1. The summed E-state index contributed by atoms with van der Waals surface area (Å²) in [6.07, 6.45) is 1.73. The highest BCUT2D eigenvalue weighted by molar-refractivity contribution is 5.63. The highest BCUT2D eigenvalue weighted by Gasteiger charge is 2.10. The molecule has 0 saturated carbocycles. The molecule has 1 unspecified atom stereocenters. The summed E-state index contributed by atoms with van der Waals surface area (Å²) in [6, 6.07) is 6.87. The van der Waals surface area contributed by atoms with E-state index in [1.165, 1.54) is 0 Å². The Morgan fingerprint density at radius 3 is 2.60 bits per heavy atom. The summed E-state index contributed by atoms with van der Waals surface area (Å²) < 4.78 is 0. The summed E-state index contributed by atoms with van der Waals surface area (Å²) in [5.74, 6) is 0.251. The second-order valence-electron chi connectivity index (χ2n) is 3.54. The van der Waals surface area contributed by atoms with Gasteiger partial charge in [0.25, 0.3) is 0 Å². The lowest BCUT2D eigenvalue weighted by Crippen LogP contribution is -2.05. The van der Waals surface area contributed by atoms with Crippen LogP contribution in [0.4, 0.5) is 0 Å². The number of H-pyrrole nitrogens is 1. The van der Waals surface area contributed by atoms with Crippen LogP contribution in [0, 0.1) is 0 Å². The molecule has 0 fully saturated rings. The Bertz CT molecular complexity index is 445. The normalized spacial score (nSPS) is 12.7. The third-order valence-electron chi connectivity index (χ3n) is 2.32. The first-order valence-corrected chi connectivity index (χ1v) is 4.76. The van der Waals surface area contributed by atoms with Crippen LogP contribution in [0.3, 0.4) is 0 Å². The van der Waals surface area contributed by atoms with Crippen LogP contribution in [-0.4, -0.2) is 15.3 Å². The lowest BCUT2D eigenvalue weighted by Gasteiger charge is -2.06. The fraction of sp³-hybridized carbons (Fsp3) is 0.182. The van der Waals surface area contributed by atoms with E-state index in [-0.39, 0.29) is 11.8 Å². The average Bonchev–Trinajstić information content (AvgIpc) is 2.67. The molecule has 0 amide bonds. The van der Waals surface area contributed by atoms with Crippen LogP contribution in [0.15, 0.2) is 30.5 Å². The molecule has 0 aliphatic carbocycles. The molecule has 0 bridgehead atoms. The number of nitrogens with zero attached hydrogens (tertiary/aromatic N) is 1.